The molecule has 0 radical (unpaired) electrons. The van der Waals surface area contributed by atoms with Crippen LogP contribution in [0.4, 0.5) is 0 Å². The zero-order chi connectivity index (χ0) is 14.4. The van der Waals surface area contributed by atoms with Gasteiger partial charge in [0.2, 0.25) is 5.91 Å². The molecule has 1 aliphatic carbocycles. The van der Waals surface area contributed by atoms with E-state index in [9.17, 15) is 4.79 Å². The van der Waals surface area contributed by atoms with E-state index in [2.05, 4.69) is 37.4 Å². The molecule has 0 spiro atoms. The van der Waals surface area contributed by atoms with Crippen LogP contribution in [0.25, 0.3) is 0 Å². The lowest BCUT2D eigenvalue weighted by atomic mass is 10.0. The van der Waals surface area contributed by atoms with Gasteiger partial charge in [-0.15, -0.1) is 0 Å². The van der Waals surface area contributed by atoms with Crippen LogP contribution in [-0.2, 0) is 11.2 Å². The Labute approximate surface area is 126 Å². The number of thioether (sulfide) groups is 1. The maximum Gasteiger partial charge on any atom is 0.224 e. The van der Waals surface area contributed by atoms with Gasteiger partial charge in [0.15, 0.2) is 0 Å². The van der Waals surface area contributed by atoms with Crippen molar-refractivity contribution in [2.75, 3.05) is 12.3 Å². The van der Waals surface area contributed by atoms with E-state index >= 15 is 0 Å². The topological polar surface area (TPSA) is 29.1 Å². The summed E-state index contributed by atoms with van der Waals surface area (Å²) in [5, 5.41) is 3.88. The molecule has 1 aromatic carbocycles. The molecule has 1 fully saturated rings. The van der Waals surface area contributed by atoms with Crippen molar-refractivity contribution in [1.29, 1.82) is 0 Å². The van der Waals surface area contributed by atoms with Crippen molar-refractivity contribution >= 4 is 17.7 Å². The summed E-state index contributed by atoms with van der Waals surface area (Å²) in [6.07, 6.45) is 6.00. The second-order valence-electron chi connectivity index (χ2n) is 5.73. The average Bonchev–Trinajstić information content (AvgIpc) is 2.91. The summed E-state index contributed by atoms with van der Waals surface area (Å²) in [7, 11) is 0. The molecule has 0 heterocycles. The summed E-state index contributed by atoms with van der Waals surface area (Å²) in [6.45, 7) is 4.95. The third kappa shape index (κ3) is 4.86. The van der Waals surface area contributed by atoms with Crippen molar-refractivity contribution < 1.29 is 4.79 Å². The highest BCUT2D eigenvalue weighted by Gasteiger charge is 2.14. The fourth-order valence-electron chi connectivity index (χ4n) is 2.75. The van der Waals surface area contributed by atoms with E-state index in [1.165, 1.54) is 36.8 Å². The third-order valence-corrected chi connectivity index (χ3v) is 5.31. The highest BCUT2D eigenvalue weighted by atomic mass is 32.2. The summed E-state index contributed by atoms with van der Waals surface area (Å²) < 4.78 is 0. The molecule has 1 amide bonds. The van der Waals surface area contributed by atoms with Gasteiger partial charge in [-0.1, -0.05) is 36.6 Å². The minimum atomic E-state index is 0.143. The van der Waals surface area contributed by atoms with Crippen LogP contribution >= 0.6 is 11.8 Å². The third-order valence-electron chi connectivity index (χ3n) is 3.93. The van der Waals surface area contributed by atoms with E-state index in [-0.39, 0.29) is 5.91 Å². The first-order valence-electron chi connectivity index (χ1n) is 7.59. The molecule has 0 atom stereocenters. The average molecular weight is 291 g/mol. The van der Waals surface area contributed by atoms with Crippen molar-refractivity contribution in [1.82, 2.24) is 5.32 Å². The maximum atomic E-state index is 11.9. The highest BCUT2D eigenvalue weighted by Crippen LogP contribution is 2.28. The van der Waals surface area contributed by atoms with Crippen LogP contribution in [0, 0.1) is 13.8 Å². The fraction of sp³-hybridized carbons (Fsp3) is 0.588. The van der Waals surface area contributed by atoms with E-state index in [0.29, 0.717) is 6.42 Å². The van der Waals surface area contributed by atoms with Crippen LogP contribution in [0.2, 0.25) is 0 Å². The number of nitrogens with one attached hydrogen (secondary N) is 1. The van der Waals surface area contributed by atoms with Gasteiger partial charge in [-0.25, -0.2) is 0 Å². The zero-order valence-corrected chi connectivity index (χ0v) is 13.4. The Hall–Kier alpha value is -0.960. The van der Waals surface area contributed by atoms with Gasteiger partial charge < -0.3 is 5.32 Å². The summed E-state index contributed by atoms with van der Waals surface area (Å²) in [5.74, 6) is 1.19. The van der Waals surface area contributed by atoms with E-state index in [4.69, 9.17) is 0 Å². The van der Waals surface area contributed by atoms with Gasteiger partial charge in [-0.2, -0.15) is 11.8 Å². The number of amides is 1. The lowest BCUT2D eigenvalue weighted by molar-refractivity contribution is -0.120. The van der Waals surface area contributed by atoms with Crippen molar-refractivity contribution in [3.63, 3.8) is 0 Å². The molecule has 1 saturated carbocycles. The first-order valence-corrected chi connectivity index (χ1v) is 8.64. The van der Waals surface area contributed by atoms with Crippen LogP contribution in [0.3, 0.4) is 0 Å². The number of rotatable bonds is 6. The molecular formula is C17H25NOS. The Morgan fingerprint density at radius 1 is 1.30 bits per heavy atom. The van der Waals surface area contributed by atoms with Crippen LogP contribution < -0.4 is 5.32 Å². The summed E-state index contributed by atoms with van der Waals surface area (Å²) in [5.41, 5.74) is 3.59. The molecular weight excluding hydrogens is 266 g/mol. The van der Waals surface area contributed by atoms with Crippen molar-refractivity contribution in [2.45, 2.75) is 51.2 Å². The number of hydrogen-bond donors (Lipinski definition) is 1. The van der Waals surface area contributed by atoms with E-state index in [1.807, 2.05) is 11.8 Å². The minimum Gasteiger partial charge on any atom is -0.355 e. The van der Waals surface area contributed by atoms with E-state index in [1.54, 1.807) is 0 Å². The van der Waals surface area contributed by atoms with Gasteiger partial charge in [0, 0.05) is 17.5 Å². The van der Waals surface area contributed by atoms with Crippen molar-refractivity contribution in [3.05, 3.63) is 34.9 Å². The Morgan fingerprint density at radius 3 is 2.75 bits per heavy atom. The Kier molecular flexibility index (Phi) is 5.96. The van der Waals surface area contributed by atoms with Crippen LogP contribution in [-0.4, -0.2) is 23.5 Å². The van der Waals surface area contributed by atoms with Crippen molar-refractivity contribution in [2.24, 2.45) is 0 Å². The van der Waals surface area contributed by atoms with E-state index < -0.39 is 0 Å². The molecule has 0 saturated heterocycles. The summed E-state index contributed by atoms with van der Waals surface area (Å²) >= 11 is 2.02. The predicted molar refractivity (Wildman–Crippen MR) is 87.3 cm³/mol. The molecule has 1 aromatic rings. The Balaban J connectivity index is 1.67. The number of carbonyl (C=O) groups excluding carboxylic acids is 1. The van der Waals surface area contributed by atoms with Gasteiger partial charge in [-0.05, 0) is 37.8 Å². The summed E-state index contributed by atoms with van der Waals surface area (Å²) in [6, 6.07) is 6.28. The van der Waals surface area contributed by atoms with Gasteiger partial charge >= 0.3 is 0 Å². The van der Waals surface area contributed by atoms with Crippen LogP contribution in [0.15, 0.2) is 18.2 Å². The van der Waals surface area contributed by atoms with Crippen LogP contribution in [0.1, 0.15) is 42.4 Å². The molecule has 2 nitrogen and oxygen atoms in total. The molecule has 20 heavy (non-hydrogen) atoms. The monoisotopic (exact) mass is 291 g/mol. The van der Waals surface area contributed by atoms with Gasteiger partial charge in [0.25, 0.3) is 0 Å². The smallest absolute Gasteiger partial charge is 0.224 e. The minimum absolute atomic E-state index is 0.143. The molecule has 110 valence electrons. The van der Waals surface area contributed by atoms with Gasteiger partial charge in [0.1, 0.15) is 0 Å². The highest BCUT2D eigenvalue weighted by molar-refractivity contribution is 7.99. The Bertz CT molecular complexity index is 452. The predicted octanol–water partition coefficient (Wildman–Crippen LogP) is 3.64. The SMILES string of the molecule is Cc1ccc(CC(=O)NCCSC2CCCC2)c(C)c1. The largest absolute Gasteiger partial charge is 0.355 e. The first-order chi connectivity index (χ1) is 9.65. The molecule has 0 aliphatic heterocycles. The van der Waals surface area contributed by atoms with Gasteiger partial charge in [-0.3, -0.25) is 4.79 Å². The van der Waals surface area contributed by atoms with Crippen molar-refractivity contribution in [3.8, 4) is 0 Å². The molecule has 1 aliphatic rings. The second kappa shape index (κ2) is 7.72. The zero-order valence-electron chi connectivity index (χ0n) is 12.6. The standard InChI is InChI=1S/C17H25NOS/c1-13-7-8-15(14(2)11-13)12-17(19)18-9-10-20-16-5-3-4-6-16/h7-8,11,16H,3-6,9-10,12H2,1-2H3,(H,18,19). The number of benzene rings is 1. The Morgan fingerprint density at radius 2 is 2.05 bits per heavy atom. The molecule has 0 bridgehead atoms. The maximum absolute atomic E-state index is 11.9. The molecule has 0 unspecified atom stereocenters. The van der Waals surface area contributed by atoms with Gasteiger partial charge in [0.05, 0.1) is 6.42 Å². The molecule has 1 N–H and O–H groups in total. The molecule has 3 heteroatoms. The molecule has 0 aromatic heterocycles. The second-order valence-corrected chi connectivity index (χ2v) is 7.14. The normalized spacial score (nSPS) is 15.5. The number of hydrogen-bond acceptors (Lipinski definition) is 2. The molecule has 2 rings (SSSR count). The van der Waals surface area contributed by atoms with Crippen LogP contribution in [0.5, 0.6) is 0 Å². The lowest BCUT2D eigenvalue weighted by Gasteiger charge is -2.10. The van der Waals surface area contributed by atoms with E-state index in [0.717, 1.165) is 23.1 Å². The quantitative estimate of drug-likeness (QED) is 0.811. The fourth-order valence-corrected chi connectivity index (χ4v) is 3.97. The number of aryl methyl sites for hydroxylation is 2. The first kappa shape index (κ1) is 15.4. The lowest BCUT2D eigenvalue weighted by Crippen LogP contribution is -2.27. The summed E-state index contributed by atoms with van der Waals surface area (Å²) in [4.78, 5) is 11.9. The number of carbonyl (C=O) groups is 1.